The highest BCUT2D eigenvalue weighted by atomic mass is 16.6. The van der Waals surface area contributed by atoms with E-state index >= 15 is 0 Å². The first-order chi connectivity index (χ1) is 11.7. The minimum Gasteiger partial charge on any atom is -0.496 e. The molecule has 0 aromatic heterocycles. The Morgan fingerprint density at radius 1 is 1.08 bits per heavy atom. The molecule has 0 atom stereocenters. The van der Waals surface area contributed by atoms with Gasteiger partial charge >= 0.3 is 6.09 Å². The van der Waals surface area contributed by atoms with Gasteiger partial charge in [0.15, 0.2) is 0 Å². The summed E-state index contributed by atoms with van der Waals surface area (Å²) in [7, 11) is 1.64. The number of ether oxygens (including phenoxy) is 2. The van der Waals surface area contributed by atoms with Crippen LogP contribution in [0.25, 0.3) is 0 Å². The lowest BCUT2D eigenvalue weighted by atomic mass is 10.1. The van der Waals surface area contributed by atoms with Crippen molar-refractivity contribution in [2.45, 2.75) is 26.2 Å². The van der Waals surface area contributed by atoms with E-state index in [1.54, 1.807) is 18.9 Å². The second kappa shape index (κ2) is 9.15. The molecule has 0 saturated carbocycles. The maximum absolute atomic E-state index is 12.5. The maximum atomic E-state index is 12.5. The summed E-state index contributed by atoms with van der Waals surface area (Å²) in [6.07, 6.45) is 1.58. The monoisotopic (exact) mass is 334 g/mol. The lowest BCUT2D eigenvalue weighted by Gasteiger charge is -2.22. The zero-order chi connectivity index (χ0) is 17.4. The lowest BCUT2D eigenvalue weighted by Crippen LogP contribution is -2.37. The van der Waals surface area contributed by atoms with Crippen LogP contribution in [0.1, 0.15) is 25.3 Å². The number of hydrogen-bond donors (Lipinski definition) is 0. The summed E-state index contributed by atoms with van der Waals surface area (Å²) < 4.78 is 10.4. The normalized spacial score (nSPS) is 14.9. The van der Waals surface area contributed by atoms with Gasteiger partial charge in [-0.15, -0.1) is 0 Å². The predicted molar refractivity (Wildman–Crippen MR) is 91.1 cm³/mol. The van der Waals surface area contributed by atoms with E-state index in [1.165, 1.54) is 0 Å². The second-order valence-corrected chi connectivity index (χ2v) is 5.73. The van der Waals surface area contributed by atoms with E-state index in [1.807, 2.05) is 29.2 Å². The van der Waals surface area contributed by atoms with Gasteiger partial charge in [0.1, 0.15) is 5.75 Å². The van der Waals surface area contributed by atoms with Gasteiger partial charge in [-0.05, 0) is 31.4 Å². The van der Waals surface area contributed by atoms with Gasteiger partial charge in [-0.25, -0.2) is 4.79 Å². The number of aryl methyl sites for hydroxylation is 1. The highest BCUT2D eigenvalue weighted by molar-refractivity contribution is 5.76. The minimum absolute atomic E-state index is 0.117. The average Bonchev–Trinajstić information content (AvgIpc) is 2.86. The zero-order valence-electron chi connectivity index (χ0n) is 14.5. The van der Waals surface area contributed by atoms with E-state index in [2.05, 4.69) is 0 Å². The molecule has 6 heteroatoms. The van der Waals surface area contributed by atoms with Crippen LogP contribution in [0.15, 0.2) is 24.3 Å². The molecule has 0 unspecified atom stereocenters. The van der Waals surface area contributed by atoms with Crippen molar-refractivity contribution in [1.82, 2.24) is 9.80 Å². The maximum Gasteiger partial charge on any atom is 0.409 e. The van der Waals surface area contributed by atoms with E-state index < -0.39 is 0 Å². The van der Waals surface area contributed by atoms with Gasteiger partial charge in [-0.3, -0.25) is 4.79 Å². The van der Waals surface area contributed by atoms with Crippen LogP contribution < -0.4 is 4.74 Å². The summed E-state index contributed by atoms with van der Waals surface area (Å²) in [6, 6.07) is 7.76. The molecule has 0 bridgehead atoms. The summed E-state index contributed by atoms with van der Waals surface area (Å²) in [6.45, 7) is 4.57. The van der Waals surface area contributed by atoms with Crippen molar-refractivity contribution in [3.8, 4) is 5.75 Å². The van der Waals surface area contributed by atoms with E-state index in [4.69, 9.17) is 9.47 Å². The molecule has 1 saturated heterocycles. The Labute approximate surface area is 143 Å². The van der Waals surface area contributed by atoms with Crippen LogP contribution in [0.5, 0.6) is 5.75 Å². The van der Waals surface area contributed by atoms with Crippen molar-refractivity contribution in [2.75, 3.05) is 39.9 Å². The van der Waals surface area contributed by atoms with Crippen LogP contribution >= 0.6 is 0 Å². The van der Waals surface area contributed by atoms with Gasteiger partial charge in [0.05, 0.1) is 13.7 Å². The number of carbonyl (C=O) groups is 2. The third-order valence-electron chi connectivity index (χ3n) is 4.18. The summed E-state index contributed by atoms with van der Waals surface area (Å²) >= 11 is 0. The fourth-order valence-corrected chi connectivity index (χ4v) is 2.87. The van der Waals surface area contributed by atoms with Crippen molar-refractivity contribution >= 4 is 12.0 Å². The summed E-state index contributed by atoms with van der Waals surface area (Å²) in [5.41, 5.74) is 1.04. The number of carbonyl (C=O) groups excluding carboxylic acids is 2. The van der Waals surface area contributed by atoms with Crippen LogP contribution in [0.2, 0.25) is 0 Å². The molecule has 1 heterocycles. The SMILES string of the molecule is CCOC(=O)N1CCCN(C(=O)CCc2ccccc2OC)CC1. The van der Waals surface area contributed by atoms with Crippen LogP contribution in [-0.4, -0.2) is 61.7 Å². The zero-order valence-corrected chi connectivity index (χ0v) is 14.5. The lowest BCUT2D eigenvalue weighted by molar-refractivity contribution is -0.131. The standard InChI is InChI=1S/C18H26N2O4/c1-3-24-18(22)20-12-6-11-19(13-14-20)17(21)10-9-15-7-4-5-8-16(15)23-2/h4-5,7-8H,3,6,9-14H2,1-2H3. The first-order valence-electron chi connectivity index (χ1n) is 8.47. The van der Waals surface area contributed by atoms with E-state index in [0.717, 1.165) is 17.7 Å². The molecule has 1 aromatic carbocycles. The molecule has 0 radical (unpaired) electrons. The molecular weight excluding hydrogens is 308 g/mol. The molecule has 1 aliphatic heterocycles. The molecule has 0 spiro atoms. The Balaban J connectivity index is 1.85. The number of rotatable bonds is 5. The quantitative estimate of drug-likeness (QED) is 0.829. The van der Waals surface area contributed by atoms with Crippen LogP contribution in [-0.2, 0) is 16.0 Å². The number of nitrogens with zero attached hydrogens (tertiary/aromatic N) is 2. The van der Waals surface area contributed by atoms with Gasteiger partial charge < -0.3 is 19.3 Å². The molecule has 1 fully saturated rings. The largest absolute Gasteiger partial charge is 0.496 e. The Bertz CT molecular complexity index is 562. The molecule has 2 rings (SSSR count). The summed E-state index contributed by atoms with van der Waals surface area (Å²) in [4.78, 5) is 27.8. The average molecular weight is 334 g/mol. The molecule has 1 aromatic rings. The number of amides is 2. The molecule has 1 aliphatic rings. The number of methoxy groups -OCH3 is 1. The van der Waals surface area contributed by atoms with Gasteiger partial charge in [-0.2, -0.15) is 0 Å². The molecule has 24 heavy (non-hydrogen) atoms. The fourth-order valence-electron chi connectivity index (χ4n) is 2.87. The molecule has 6 nitrogen and oxygen atoms in total. The number of hydrogen-bond acceptors (Lipinski definition) is 4. The first kappa shape index (κ1) is 18.1. The molecule has 132 valence electrons. The van der Waals surface area contributed by atoms with Crippen LogP contribution in [0.4, 0.5) is 4.79 Å². The van der Waals surface area contributed by atoms with Gasteiger partial charge in [-0.1, -0.05) is 18.2 Å². The number of para-hydroxylation sites is 1. The van der Waals surface area contributed by atoms with Crippen molar-refractivity contribution in [3.63, 3.8) is 0 Å². The Kier molecular flexibility index (Phi) is 6.90. The van der Waals surface area contributed by atoms with Crippen molar-refractivity contribution in [2.24, 2.45) is 0 Å². The second-order valence-electron chi connectivity index (χ2n) is 5.73. The van der Waals surface area contributed by atoms with E-state index in [-0.39, 0.29) is 12.0 Å². The van der Waals surface area contributed by atoms with Crippen molar-refractivity contribution in [3.05, 3.63) is 29.8 Å². The third-order valence-corrected chi connectivity index (χ3v) is 4.18. The molecule has 2 amide bonds. The Hall–Kier alpha value is -2.24. The Morgan fingerprint density at radius 2 is 1.79 bits per heavy atom. The highest BCUT2D eigenvalue weighted by Gasteiger charge is 2.22. The molecular formula is C18H26N2O4. The topological polar surface area (TPSA) is 59.1 Å². The molecule has 0 N–H and O–H groups in total. The number of benzene rings is 1. The van der Waals surface area contributed by atoms with Crippen LogP contribution in [0.3, 0.4) is 0 Å². The smallest absolute Gasteiger partial charge is 0.409 e. The summed E-state index contributed by atoms with van der Waals surface area (Å²) in [5.74, 6) is 0.932. The van der Waals surface area contributed by atoms with Gasteiger partial charge in [0, 0.05) is 32.6 Å². The Morgan fingerprint density at radius 3 is 2.54 bits per heavy atom. The summed E-state index contributed by atoms with van der Waals surface area (Å²) in [5, 5.41) is 0. The fraction of sp³-hybridized carbons (Fsp3) is 0.556. The third kappa shape index (κ3) is 4.88. The van der Waals surface area contributed by atoms with Crippen molar-refractivity contribution in [1.29, 1.82) is 0 Å². The van der Waals surface area contributed by atoms with E-state index in [9.17, 15) is 9.59 Å². The van der Waals surface area contributed by atoms with Gasteiger partial charge in [0.2, 0.25) is 5.91 Å². The van der Waals surface area contributed by atoms with Crippen LogP contribution in [0, 0.1) is 0 Å². The van der Waals surface area contributed by atoms with Crippen molar-refractivity contribution < 1.29 is 19.1 Å². The minimum atomic E-state index is -0.291. The predicted octanol–water partition coefficient (Wildman–Crippen LogP) is 2.32. The van der Waals surface area contributed by atoms with Gasteiger partial charge in [0.25, 0.3) is 0 Å². The first-order valence-corrected chi connectivity index (χ1v) is 8.47. The van der Waals surface area contributed by atoms with E-state index in [0.29, 0.717) is 45.6 Å². The molecule has 0 aliphatic carbocycles. The highest BCUT2D eigenvalue weighted by Crippen LogP contribution is 2.19.